The predicted octanol–water partition coefficient (Wildman–Crippen LogP) is 14.1. The highest BCUT2D eigenvalue weighted by atomic mass is 32.2. The Hall–Kier alpha value is -3.63. The molecule has 0 amide bonds. The molecular weight excluding hydrogens is 795 g/mol. The minimum absolute atomic E-state index is 0.0130. The van der Waals surface area contributed by atoms with Crippen LogP contribution in [0.2, 0.25) is 0 Å². The van der Waals surface area contributed by atoms with Crippen LogP contribution in [0.1, 0.15) is 87.9 Å². The number of esters is 1. The third-order valence-electron chi connectivity index (χ3n) is 8.79. The summed E-state index contributed by atoms with van der Waals surface area (Å²) in [5.74, 6) is -38.2. The first-order valence-corrected chi connectivity index (χ1v) is 18.8. The first-order valence-electron chi connectivity index (χ1n) is 17.8. The molecule has 56 heavy (non-hydrogen) atoms. The van der Waals surface area contributed by atoms with E-state index in [4.69, 9.17) is 9.47 Å². The summed E-state index contributed by atoms with van der Waals surface area (Å²) in [6.45, 7) is 2.83. The van der Waals surface area contributed by atoms with Crippen molar-refractivity contribution in [2.24, 2.45) is 0 Å². The van der Waals surface area contributed by atoms with Gasteiger partial charge in [0.15, 0.2) is 0 Å². The third kappa shape index (κ3) is 11.5. The average Bonchev–Trinajstić information content (AvgIpc) is 3.14. The summed E-state index contributed by atoms with van der Waals surface area (Å²) in [6.07, 6.45) is 2.50. The van der Waals surface area contributed by atoms with Gasteiger partial charge < -0.3 is 9.47 Å². The number of hydrogen-bond donors (Lipinski definition) is 0. The lowest BCUT2D eigenvalue weighted by molar-refractivity contribution is -0.439. The summed E-state index contributed by atoms with van der Waals surface area (Å²) < 4.78 is 184. The summed E-state index contributed by atoms with van der Waals surface area (Å²) in [5.41, 5.74) is 1.63. The summed E-state index contributed by atoms with van der Waals surface area (Å²) in [6, 6.07) is 18.5. The SMILES string of the molecule is CCCCCCCCCCCCOc1ccc(-c2ccc(OC(=O)c3ccc(SCCC(F)(F)C(F)(F)C(F)(F)C(F)(F)C(F)(F)C(F)(F)F)cc3)cc2)cc1. The van der Waals surface area contributed by atoms with Crippen LogP contribution in [0, 0.1) is 0 Å². The Morgan fingerprint density at radius 1 is 0.536 bits per heavy atom. The summed E-state index contributed by atoms with van der Waals surface area (Å²) >= 11 is 0.292. The molecule has 0 aliphatic heterocycles. The van der Waals surface area contributed by atoms with Gasteiger partial charge in [-0.3, -0.25) is 0 Å². The Kier molecular flexibility index (Phi) is 16.4. The number of alkyl halides is 13. The van der Waals surface area contributed by atoms with Gasteiger partial charge in [-0.05, 0) is 66.1 Å². The van der Waals surface area contributed by atoms with Crippen molar-refractivity contribution in [3.05, 3.63) is 78.4 Å². The van der Waals surface area contributed by atoms with E-state index in [0.29, 0.717) is 18.4 Å². The Morgan fingerprint density at radius 3 is 1.46 bits per heavy atom. The van der Waals surface area contributed by atoms with Crippen LogP contribution in [-0.2, 0) is 0 Å². The maximum atomic E-state index is 14.1. The standard InChI is InChI=1S/C39H41F13O3S/c1-2-3-4-5-6-7-8-9-10-11-25-54-30-18-12-27(13-19-30)28-14-20-31(21-15-28)55-33(53)29-16-22-32(23-17-29)56-26-24-34(40,41)35(42,43)36(44,45)37(46,47)38(48,49)39(50,51)52/h12-23H,2-11,24-26H2,1H3. The maximum Gasteiger partial charge on any atom is 0.460 e. The molecule has 17 heteroatoms. The Bertz CT molecular complexity index is 1640. The van der Waals surface area contributed by atoms with Crippen molar-refractivity contribution in [3.8, 4) is 22.6 Å². The quantitative estimate of drug-likeness (QED) is 0.0313. The van der Waals surface area contributed by atoms with Crippen molar-refractivity contribution in [2.75, 3.05) is 12.4 Å². The topological polar surface area (TPSA) is 35.5 Å². The number of hydrogen-bond acceptors (Lipinski definition) is 4. The highest BCUT2D eigenvalue weighted by Crippen LogP contribution is 2.60. The number of halogens is 13. The van der Waals surface area contributed by atoms with E-state index < -0.39 is 53.9 Å². The smallest absolute Gasteiger partial charge is 0.460 e. The number of carbonyl (C=O) groups is 1. The van der Waals surface area contributed by atoms with Crippen LogP contribution in [-0.4, -0.2) is 54.1 Å². The number of rotatable bonds is 23. The summed E-state index contributed by atoms with van der Waals surface area (Å²) in [4.78, 5) is 12.6. The van der Waals surface area contributed by atoms with E-state index in [1.54, 1.807) is 12.1 Å². The van der Waals surface area contributed by atoms with Crippen molar-refractivity contribution in [2.45, 2.75) is 118 Å². The number of carbonyl (C=O) groups excluding carboxylic acids is 1. The van der Waals surface area contributed by atoms with Gasteiger partial charge in [0.2, 0.25) is 0 Å². The van der Waals surface area contributed by atoms with Crippen LogP contribution in [0.5, 0.6) is 11.5 Å². The van der Waals surface area contributed by atoms with Crippen LogP contribution in [0.15, 0.2) is 77.7 Å². The van der Waals surface area contributed by atoms with E-state index in [-0.39, 0.29) is 16.2 Å². The van der Waals surface area contributed by atoms with Gasteiger partial charge in [0.1, 0.15) is 11.5 Å². The number of ether oxygens (including phenoxy) is 2. The minimum Gasteiger partial charge on any atom is -0.494 e. The van der Waals surface area contributed by atoms with Crippen molar-refractivity contribution >= 4 is 17.7 Å². The third-order valence-corrected chi connectivity index (χ3v) is 9.81. The lowest BCUT2D eigenvalue weighted by Gasteiger charge is -2.39. The van der Waals surface area contributed by atoms with Crippen LogP contribution in [0.4, 0.5) is 57.1 Å². The molecule has 3 aromatic carbocycles. The van der Waals surface area contributed by atoms with Crippen molar-refractivity contribution in [1.29, 1.82) is 0 Å². The van der Waals surface area contributed by atoms with E-state index in [1.807, 2.05) is 24.3 Å². The van der Waals surface area contributed by atoms with Crippen molar-refractivity contribution in [3.63, 3.8) is 0 Å². The summed E-state index contributed by atoms with van der Waals surface area (Å²) in [5, 5.41) is 0. The second-order valence-electron chi connectivity index (χ2n) is 13.1. The number of unbranched alkanes of at least 4 members (excludes halogenated alkanes) is 9. The van der Waals surface area contributed by atoms with Gasteiger partial charge >= 0.3 is 41.8 Å². The number of benzene rings is 3. The van der Waals surface area contributed by atoms with E-state index in [2.05, 4.69) is 6.92 Å². The zero-order valence-electron chi connectivity index (χ0n) is 30.2. The van der Waals surface area contributed by atoms with E-state index in [9.17, 15) is 61.9 Å². The van der Waals surface area contributed by atoms with E-state index in [1.165, 1.54) is 63.5 Å². The monoisotopic (exact) mass is 836 g/mol. The molecular formula is C39H41F13O3S. The fraction of sp³-hybridized carbons (Fsp3) is 0.513. The molecule has 312 valence electrons. The molecule has 0 fully saturated rings. The summed E-state index contributed by atoms with van der Waals surface area (Å²) in [7, 11) is 0. The molecule has 0 bridgehead atoms. The Morgan fingerprint density at radius 2 is 0.982 bits per heavy atom. The van der Waals surface area contributed by atoms with Gasteiger partial charge in [-0.25, -0.2) is 4.79 Å². The molecule has 0 heterocycles. The maximum absolute atomic E-state index is 14.1. The van der Waals surface area contributed by atoms with Gasteiger partial charge in [-0.1, -0.05) is 89.0 Å². The molecule has 0 aliphatic carbocycles. The lowest BCUT2D eigenvalue weighted by Crippen LogP contribution is -2.70. The molecule has 0 saturated carbocycles. The Labute approximate surface area is 320 Å². The zero-order chi connectivity index (χ0) is 41.8. The largest absolute Gasteiger partial charge is 0.494 e. The fourth-order valence-corrected chi connectivity index (χ4v) is 6.27. The zero-order valence-corrected chi connectivity index (χ0v) is 31.0. The molecule has 3 nitrogen and oxygen atoms in total. The highest BCUT2D eigenvalue weighted by molar-refractivity contribution is 7.99. The molecule has 0 radical (unpaired) electrons. The predicted molar refractivity (Wildman–Crippen MR) is 187 cm³/mol. The van der Waals surface area contributed by atoms with Crippen molar-refractivity contribution < 1.29 is 71.3 Å². The van der Waals surface area contributed by atoms with Crippen LogP contribution < -0.4 is 9.47 Å². The van der Waals surface area contributed by atoms with Crippen LogP contribution >= 0.6 is 11.8 Å². The van der Waals surface area contributed by atoms with Gasteiger partial charge in [0.05, 0.1) is 12.2 Å². The molecule has 3 aromatic rings. The molecule has 3 rings (SSSR count). The number of thioether (sulfide) groups is 1. The molecule has 0 N–H and O–H groups in total. The first-order chi connectivity index (χ1) is 26.1. The first kappa shape index (κ1) is 46.8. The normalized spacial score (nSPS) is 13.2. The van der Waals surface area contributed by atoms with Gasteiger partial charge in [-0.15, -0.1) is 11.8 Å². The van der Waals surface area contributed by atoms with Crippen molar-refractivity contribution in [1.82, 2.24) is 0 Å². The van der Waals surface area contributed by atoms with E-state index in [0.717, 1.165) is 54.0 Å². The lowest BCUT2D eigenvalue weighted by atomic mass is 9.93. The van der Waals surface area contributed by atoms with Gasteiger partial charge in [-0.2, -0.15) is 57.1 Å². The Balaban J connectivity index is 1.46. The van der Waals surface area contributed by atoms with Gasteiger partial charge in [0.25, 0.3) is 0 Å². The van der Waals surface area contributed by atoms with Crippen LogP contribution in [0.3, 0.4) is 0 Å². The minimum atomic E-state index is -7.93. The molecule has 0 spiro atoms. The average molecular weight is 837 g/mol. The molecule has 0 unspecified atom stereocenters. The molecule has 0 aromatic heterocycles. The van der Waals surface area contributed by atoms with Gasteiger partial charge in [0, 0.05) is 17.1 Å². The highest BCUT2D eigenvalue weighted by Gasteiger charge is 2.90. The second-order valence-corrected chi connectivity index (χ2v) is 14.3. The molecule has 0 atom stereocenters. The fourth-order valence-electron chi connectivity index (χ4n) is 5.35. The molecule has 0 aliphatic rings. The second kappa shape index (κ2) is 19.7. The van der Waals surface area contributed by atoms with E-state index >= 15 is 0 Å². The van der Waals surface area contributed by atoms with Crippen LogP contribution in [0.25, 0.3) is 11.1 Å². The molecule has 0 saturated heterocycles.